The summed E-state index contributed by atoms with van der Waals surface area (Å²) in [7, 11) is 1.47. The molecular weight excluding hydrogens is 278 g/mol. The summed E-state index contributed by atoms with van der Waals surface area (Å²) in [6.07, 6.45) is -1.55. The van der Waals surface area contributed by atoms with Crippen LogP contribution < -0.4 is 14.8 Å². The average Bonchev–Trinajstić information content (AvgIpc) is 2.47. The summed E-state index contributed by atoms with van der Waals surface area (Å²) in [5.41, 5.74) is 0.361. The Labute approximate surface area is 122 Å². The molecule has 0 bridgehead atoms. The van der Waals surface area contributed by atoms with Crippen molar-refractivity contribution in [1.29, 1.82) is 0 Å². The fraction of sp³-hybridized carbons (Fsp3) is 0.429. The first kappa shape index (κ1) is 16.8. The molecule has 7 nitrogen and oxygen atoms in total. The third-order valence-electron chi connectivity index (χ3n) is 2.71. The third-order valence-corrected chi connectivity index (χ3v) is 2.71. The van der Waals surface area contributed by atoms with Crippen LogP contribution in [0.2, 0.25) is 0 Å². The number of aliphatic carboxylic acids is 1. The summed E-state index contributed by atoms with van der Waals surface area (Å²) >= 11 is 0. The highest BCUT2D eigenvalue weighted by atomic mass is 16.5. The SMILES string of the molecule is CCOc1ccc(C(=O)NCC[C@H](O)C(=O)O)cc1OC. The number of hydrogen-bond acceptors (Lipinski definition) is 5. The van der Waals surface area contributed by atoms with E-state index in [2.05, 4.69) is 5.32 Å². The molecule has 0 aliphatic rings. The van der Waals surface area contributed by atoms with Crippen molar-refractivity contribution < 1.29 is 29.3 Å². The number of benzene rings is 1. The number of aliphatic hydroxyl groups is 1. The number of carboxylic acids is 1. The van der Waals surface area contributed by atoms with Gasteiger partial charge in [-0.15, -0.1) is 0 Å². The molecule has 1 atom stereocenters. The van der Waals surface area contributed by atoms with E-state index < -0.39 is 12.1 Å². The maximum Gasteiger partial charge on any atom is 0.332 e. The number of aliphatic hydroxyl groups excluding tert-OH is 1. The molecule has 7 heteroatoms. The number of amides is 1. The first-order valence-electron chi connectivity index (χ1n) is 6.49. The molecule has 0 radical (unpaired) electrons. The third kappa shape index (κ3) is 4.96. The Morgan fingerprint density at radius 3 is 2.62 bits per heavy atom. The van der Waals surface area contributed by atoms with Gasteiger partial charge < -0.3 is 25.0 Å². The highest BCUT2D eigenvalue weighted by Crippen LogP contribution is 2.27. The van der Waals surface area contributed by atoms with Crippen LogP contribution in [0.15, 0.2) is 18.2 Å². The van der Waals surface area contributed by atoms with Crippen molar-refractivity contribution in [2.75, 3.05) is 20.3 Å². The second-order valence-electron chi connectivity index (χ2n) is 4.20. The van der Waals surface area contributed by atoms with Crippen LogP contribution in [-0.2, 0) is 4.79 Å². The second-order valence-corrected chi connectivity index (χ2v) is 4.20. The zero-order valence-corrected chi connectivity index (χ0v) is 12.0. The molecule has 0 saturated heterocycles. The standard InChI is InChI=1S/C14H19NO6/c1-3-21-11-5-4-9(8-12(11)20-2)13(17)15-7-6-10(16)14(18)19/h4-5,8,10,16H,3,6-7H2,1-2H3,(H,15,17)(H,18,19)/t10-/m0/s1. The van der Waals surface area contributed by atoms with Crippen molar-refractivity contribution in [2.45, 2.75) is 19.4 Å². The van der Waals surface area contributed by atoms with E-state index in [-0.39, 0.29) is 18.9 Å². The molecule has 0 heterocycles. The number of hydrogen-bond donors (Lipinski definition) is 3. The molecule has 0 saturated carbocycles. The lowest BCUT2D eigenvalue weighted by Gasteiger charge is -2.11. The maximum absolute atomic E-state index is 11.9. The van der Waals surface area contributed by atoms with Crippen molar-refractivity contribution in [3.63, 3.8) is 0 Å². The van der Waals surface area contributed by atoms with Gasteiger partial charge in [0.2, 0.25) is 0 Å². The van der Waals surface area contributed by atoms with Crippen molar-refractivity contribution in [2.24, 2.45) is 0 Å². The van der Waals surface area contributed by atoms with Gasteiger partial charge in [-0.1, -0.05) is 0 Å². The monoisotopic (exact) mass is 297 g/mol. The lowest BCUT2D eigenvalue weighted by molar-refractivity contribution is -0.146. The van der Waals surface area contributed by atoms with Gasteiger partial charge in [-0.05, 0) is 25.1 Å². The normalized spacial score (nSPS) is 11.6. The first-order chi connectivity index (χ1) is 9.99. The first-order valence-corrected chi connectivity index (χ1v) is 6.49. The van der Waals surface area contributed by atoms with E-state index in [9.17, 15) is 9.59 Å². The molecule has 1 aromatic carbocycles. The van der Waals surface area contributed by atoms with Crippen LogP contribution in [0.4, 0.5) is 0 Å². The quantitative estimate of drug-likeness (QED) is 0.651. The summed E-state index contributed by atoms with van der Waals surface area (Å²) in [4.78, 5) is 22.3. The minimum absolute atomic E-state index is 0.0574. The molecule has 116 valence electrons. The van der Waals surface area contributed by atoms with Gasteiger partial charge in [-0.3, -0.25) is 4.79 Å². The Hall–Kier alpha value is -2.28. The van der Waals surface area contributed by atoms with Crippen LogP contribution in [-0.4, -0.2) is 48.5 Å². The summed E-state index contributed by atoms with van der Waals surface area (Å²) < 4.78 is 10.5. The van der Waals surface area contributed by atoms with Gasteiger partial charge in [-0.2, -0.15) is 0 Å². The van der Waals surface area contributed by atoms with Crippen molar-refractivity contribution in [1.82, 2.24) is 5.32 Å². The summed E-state index contributed by atoms with van der Waals surface area (Å²) in [6.45, 7) is 2.38. The van der Waals surface area contributed by atoms with Crippen LogP contribution in [0.3, 0.4) is 0 Å². The van der Waals surface area contributed by atoms with Gasteiger partial charge in [-0.25, -0.2) is 4.79 Å². The summed E-state index contributed by atoms with van der Waals surface area (Å²) in [5.74, 6) is -0.714. The van der Waals surface area contributed by atoms with Crippen molar-refractivity contribution >= 4 is 11.9 Å². The molecule has 3 N–H and O–H groups in total. The number of carbonyl (C=O) groups excluding carboxylic acids is 1. The molecule has 0 fully saturated rings. The Morgan fingerprint density at radius 1 is 1.33 bits per heavy atom. The molecule has 21 heavy (non-hydrogen) atoms. The topological polar surface area (TPSA) is 105 Å². The number of carboxylic acid groups (broad SMARTS) is 1. The van der Waals surface area contributed by atoms with E-state index in [4.69, 9.17) is 19.7 Å². The minimum Gasteiger partial charge on any atom is -0.493 e. The molecule has 1 amide bonds. The Balaban J connectivity index is 2.64. The fourth-order valence-corrected chi connectivity index (χ4v) is 1.63. The van der Waals surface area contributed by atoms with Crippen LogP contribution in [0.1, 0.15) is 23.7 Å². The molecule has 0 aromatic heterocycles. The Bertz CT molecular complexity index is 502. The molecule has 0 aliphatic heterocycles. The number of methoxy groups -OCH3 is 1. The van der Waals surface area contributed by atoms with Crippen molar-refractivity contribution in [3.8, 4) is 11.5 Å². The van der Waals surface area contributed by atoms with Gasteiger partial charge in [0.25, 0.3) is 5.91 Å². The van der Waals surface area contributed by atoms with Crippen LogP contribution in [0.25, 0.3) is 0 Å². The highest BCUT2D eigenvalue weighted by molar-refractivity contribution is 5.94. The predicted octanol–water partition coefficient (Wildman–Crippen LogP) is 0.659. The van der Waals surface area contributed by atoms with E-state index in [1.165, 1.54) is 13.2 Å². The van der Waals surface area contributed by atoms with E-state index >= 15 is 0 Å². The summed E-state index contributed by atoms with van der Waals surface area (Å²) in [6, 6.07) is 4.74. The van der Waals surface area contributed by atoms with Gasteiger partial charge in [0, 0.05) is 18.5 Å². The average molecular weight is 297 g/mol. The fourth-order valence-electron chi connectivity index (χ4n) is 1.63. The zero-order chi connectivity index (χ0) is 15.8. The Kier molecular flexibility index (Phi) is 6.48. The van der Waals surface area contributed by atoms with Crippen LogP contribution in [0, 0.1) is 0 Å². The van der Waals surface area contributed by atoms with Gasteiger partial charge in [0.05, 0.1) is 13.7 Å². The second kappa shape index (κ2) is 8.11. The van der Waals surface area contributed by atoms with Crippen molar-refractivity contribution in [3.05, 3.63) is 23.8 Å². The zero-order valence-electron chi connectivity index (χ0n) is 12.0. The molecular formula is C14H19NO6. The van der Waals surface area contributed by atoms with Gasteiger partial charge >= 0.3 is 5.97 Å². The maximum atomic E-state index is 11.9. The van der Waals surface area contributed by atoms with Crippen LogP contribution >= 0.6 is 0 Å². The van der Waals surface area contributed by atoms with E-state index in [1.807, 2.05) is 6.92 Å². The highest BCUT2D eigenvalue weighted by Gasteiger charge is 2.14. The van der Waals surface area contributed by atoms with E-state index in [0.717, 1.165) is 0 Å². The molecule has 0 aliphatic carbocycles. The number of rotatable bonds is 8. The lowest BCUT2D eigenvalue weighted by atomic mass is 10.2. The van der Waals surface area contributed by atoms with Crippen LogP contribution in [0.5, 0.6) is 11.5 Å². The molecule has 1 rings (SSSR count). The number of ether oxygens (including phenoxy) is 2. The lowest BCUT2D eigenvalue weighted by Crippen LogP contribution is -2.30. The number of nitrogens with one attached hydrogen (secondary N) is 1. The predicted molar refractivity (Wildman–Crippen MR) is 74.8 cm³/mol. The van der Waals surface area contributed by atoms with Gasteiger partial charge in [0.1, 0.15) is 0 Å². The molecule has 1 aromatic rings. The van der Waals surface area contributed by atoms with E-state index in [1.54, 1.807) is 12.1 Å². The molecule has 0 spiro atoms. The minimum atomic E-state index is -1.49. The summed E-state index contributed by atoms with van der Waals surface area (Å²) in [5, 5.41) is 20.1. The largest absolute Gasteiger partial charge is 0.493 e. The Morgan fingerprint density at radius 2 is 2.05 bits per heavy atom. The number of carbonyl (C=O) groups is 2. The smallest absolute Gasteiger partial charge is 0.332 e. The van der Waals surface area contributed by atoms with E-state index in [0.29, 0.717) is 23.7 Å². The van der Waals surface area contributed by atoms with Gasteiger partial charge in [0.15, 0.2) is 17.6 Å². The molecule has 0 unspecified atom stereocenters.